The van der Waals surface area contributed by atoms with Gasteiger partial charge in [-0.2, -0.15) is 8.78 Å². The van der Waals surface area contributed by atoms with Crippen molar-refractivity contribution in [3.05, 3.63) is 24.3 Å². The van der Waals surface area contributed by atoms with E-state index in [2.05, 4.69) is 17.3 Å². The Bertz CT molecular complexity index is 226. The van der Waals surface area contributed by atoms with Crippen molar-refractivity contribution in [1.82, 2.24) is 0 Å². The maximum absolute atomic E-state index is 12.1. The number of nitrogens with zero attached hydrogens (tertiary/aromatic N) is 1. The van der Waals surface area contributed by atoms with Crippen molar-refractivity contribution in [1.29, 1.82) is 0 Å². The van der Waals surface area contributed by atoms with Gasteiger partial charge in [0.05, 0.1) is 5.71 Å². The number of nitrogens with two attached hydrogens (primary N) is 1. The smallest absolute Gasteiger partial charge is 0.266 e. The standard InChI is InChI=1S/C6H7F3N2/c1-3(7)4(2)11-6(9)5(8)10/h1,10H2,2H3/b6-5-,11-4?. The zero-order chi connectivity index (χ0) is 9.02. The molecule has 0 rings (SSSR count). The van der Waals surface area contributed by atoms with Crippen molar-refractivity contribution >= 4 is 5.71 Å². The maximum Gasteiger partial charge on any atom is 0.266 e. The molecule has 62 valence electrons. The molecule has 0 saturated heterocycles. The minimum Gasteiger partial charge on any atom is -0.372 e. The third-order valence-electron chi connectivity index (χ3n) is 0.856. The number of halogens is 3. The molecule has 0 aliphatic carbocycles. The van der Waals surface area contributed by atoms with Crippen LogP contribution in [0.1, 0.15) is 6.92 Å². The molecular formula is C6H7F3N2. The van der Waals surface area contributed by atoms with Crippen LogP contribution in [0.25, 0.3) is 0 Å². The molecule has 0 bridgehead atoms. The Hall–Kier alpha value is -1.26. The first-order valence-corrected chi connectivity index (χ1v) is 2.66. The Labute approximate surface area is 61.9 Å². The molecule has 5 heteroatoms. The minimum absolute atomic E-state index is 0.344. The van der Waals surface area contributed by atoms with Crippen molar-refractivity contribution in [3.63, 3.8) is 0 Å². The van der Waals surface area contributed by atoms with E-state index < -0.39 is 17.7 Å². The fourth-order valence-corrected chi connectivity index (χ4v) is 0.261. The topological polar surface area (TPSA) is 38.4 Å². The predicted molar refractivity (Wildman–Crippen MR) is 36.8 cm³/mol. The number of aliphatic imine (C=N–C) groups is 1. The van der Waals surface area contributed by atoms with Crippen molar-refractivity contribution < 1.29 is 13.2 Å². The summed E-state index contributed by atoms with van der Waals surface area (Å²) in [6.45, 7) is 3.96. The third kappa shape index (κ3) is 3.44. The SMILES string of the molecule is C=C(F)C(C)=N/C(F)=C(\N)F. The quantitative estimate of drug-likeness (QED) is 0.491. The van der Waals surface area contributed by atoms with Crippen molar-refractivity contribution in [2.24, 2.45) is 10.7 Å². The third-order valence-corrected chi connectivity index (χ3v) is 0.856. The molecule has 0 aromatic heterocycles. The van der Waals surface area contributed by atoms with E-state index in [0.717, 1.165) is 6.92 Å². The van der Waals surface area contributed by atoms with E-state index in [9.17, 15) is 13.2 Å². The fraction of sp³-hybridized carbons (Fsp3) is 0.167. The van der Waals surface area contributed by atoms with Gasteiger partial charge in [-0.1, -0.05) is 6.58 Å². The Morgan fingerprint density at radius 3 is 2.09 bits per heavy atom. The van der Waals surface area contributed by atoms with Crippen LogP contribution in [-0.2, 0) is 0 Å². The molecule has 2 nitrogen and oxygen atoms in total. The summed E-state index contributed by atoms with van der Waals surface area (Å²) in [6.07, 6.45) is 0. The average molecular weight is 164 g/mol. The Balaban J connectivity index is 4.58. The van der Waals surface area contributed by atoms with Gasteiger partial charge in [-0.15, -0.1) is 0 Å². The van der Waals surface area contributed by atoms with Crippen LogP contribution in [0.3, 0.4) is 0 Å². The number of rotatable bonds is 2. The van der Waals surface area contributed by atoms with Gasteiger partial charge in [-0.05, 0) is 6.92 Å². The van der Waals surface area contributed by atoms with Gasteiger partial charge in [0, 0.05) is 0 Å². The predicted octanol–water partition coefficient (Wildman–Crippen LogP) is 1.95. The van der Waals surface area contributed by atoms with Crippen LogP contribution in [0.4, 0.5) is 13.2 Å². The van der Waals surface area contributed by atoms with Crippen LogP contribution in [0.5, 0.6) is 0 Å². The lowest BCUT2D eigenvalue weighted by Crippen LogP contribution is -1.95. The van der Waals surface area contributed by atoms with Gasteiger partial charge in [-0.3, -0.25) is 0 Å². The largest absolute Gasteiger partial charge is 0.372 e. The molecule has 0 aromatic carbocycles. The van der Waals surface area contributed by atoms with Gasteiger partial charge in [-0.25, -0.2) is 9.38 Å². The molecule has 0 saturated carbocycles. The lowest BCUT2D eigenvalue weighted by molar-refractivity contribution is 0.523. The number of hydrogen-bond acceptors (Lipinski definition) is 2. The summed E-state index contributed by atoms with van der Waals surface area (Å²) in [5.74, 6) is -4.05. The maximum atomic E-state index is 12.1. The van der Waals surface area contributed by atoms with Crippen LogP contribution < -0.4 is 5.73 Å². The first-order valence-electron chi connectivity index (χ1n) is 2.66. The van der Waals surface area contributed by atoms with Gasteiger partial charge in [0.1, 0.15) is 5.83 Å². The Morgan fingerprint density at radius 2 is 1.82 bits per heavy atom. The second kappa shape index (κ2) is 3.80. The Kier molecular flexibility index (Phi) is 3.36. The van der Waals surface area contributed by atoms with Crippen LogP contribution in [0.15, 0.2) is 29.3 Å². The highest BCUT2D eigenvalue weighted by molar-refractivity contribution is 5.96. The van der Waals surface area contributed by atoms with Crippen molar-refractivity contribution in [3.8, 4) is 0 Å². The molecule has 0 atom stereocenters. The summed E-state index contributed by atoms with van der Waals surface area (Å²) in [5, 5.41) is 0. The normalized spacial score (nSPS) is 14.4. The molecule has 0 aliphatic rings. The van der Waals surface area contributed by atoms with E-state index in [1.54, 1.807) is 0 Å². The molecule has 0 unspecified atom stereocenters. The summed E-state index contributed by atoms with van der Waals surface area (Å²) in [6, 6.07) is 0. The van der Waals surface area contributed by atoms with E-state index in [0.29, 0.717) is 0 Å². The highest BCUT2D eigenvalue weighted by atomic mass is 19.2. The molecule has 2 N–H and O–H groups in total. The second-order valence-corrected chi connectivity index (χ2v) is 1.74. The number of hydrogen-bond donors (Lipinski definition) is 1. The summed E-state index contributed by atoms with van der Waals surface area (Å²) < 4.78 is 35.9. The zero-order valence-electron chi connectivity index (χ0n) is 5.87. The van der Waals surface area contributed by atoms with Crippen LogP contribution in [-0.4, -0.2) is 5.71 Å². The molecule has 0 spiro atoms. The molecule has 11 heavy (non-hydrogen) atoms. The van der Waals surface area contributed by atoms with E-state index in [1.165, 1.54) is 0 Å². The molecule has 0 fully saturated rings. The molecule has 0 aromatic rings. The van der Waals surface area contributed by atoms with Crippen LogP contribution >= 0.6 is 0 Å². The highest BCUT2D eigenvalue weighted by Crippen LogP contribution is 2.07. The lowest BCUT2D eigenvalue weighted by atomic mass is 10.4. The van der Waals surface area contributed by atoms with E-state index >= 15 is 0 Å². The van der Waals surface area contributed by atoms with Gasteiger partial charge in [0.15, 0.2) is 0 Å². The van der Waals surface area contributed by atoms with Crippen LogP contribution in [0.2, 0.25) is 0 Å². The van der Waals surface area contributed by atoms with Gasteiger partial charge >= 0.3 is 0 Å². The lowest BCUT2D eigenvalue weighted by Gasteiger charge is -1.92. The van der Waals surface area contributed by atoms with Crippen LogP contribution in [0, 0.1) is 0 Å². The molecule has 0 heterocycles. The first kappa shape index (κ1) is 9.74. The zero-order valence-corrected chi connectivity index (χ0v) is 5.87. The molecule has 0 amide bonds. The summed E-state index contributed by atoms with van der Waals surface area (Å²) in [5.41, 5.74) is 4.02. The summed E-state index contributed by atoms with van der Waals surface area (Å²) >= 11 is 0. The van der Waals surface area contributed by atoms with E-state index in [-0.39, 0.29) is 5.71 Å². The average Bonchev–Trinajstić information content (AvgIpc) is 1.87. The van der Waals surface area contributed by atoms with E-state index in [1.807, 2.05) is 0 Å². The Morgan fingerprint density at radius 1 is 1.36 bits per heavy atom. The van der Waals surface area contributed by atoms with E-state index in [4.69, 9.17) is 0 Å². The van der Waals surface area contributed by atoms with Gasteiger partial charge in [0.25, 0.3) is 5.95 Å². The van der Waals surface area contributed by atoms with Crippen molar-refractivity contribution in [2.75, 3.05) is 0 Å². The summed E-state index contributed by atoms with van der Waals surface area (Å²) in [4.78, 5) is 2.83. The summed E-state index contributed by atoms with van der Waals surface area (Å²) in [7, 11) is 0. The van der Waals surface area contributed by atoms with Gasteiger partial charge < -0.3 is 5.73 Å². The molecular weight excluding hydrogens is 157 g/mol. The molecule has 0 radical (unpaired) electrons. The highest BCUT2D eigenvalue weighted by Gasteiger charge is 2.01. The second-order valence-electron chi connectivity index (χ2n) is 1.74. The number of allylic oxidation sites excluding steroid dienone is 1. The first-order chi connectivity index (χ1) is 4.95. The minimum atomic E-state index is -1.58. The van der Waals surface area contributed by atoms with Gasteiger partial charge in [0.2, 0.25) is 5.95 Å². The fourth-order valence-electron chi connectivity index (χ4n) is 0.261. The monoisotopic (exact) mass is 164 g/mol. The van der Waals surface area contributed by atoms with Crippen molar-refractivity contribution in [2.45, 2.75) is 6.92 Å². The molecule has 0 aliphatic heterocycles.